The van der Waals surface area contributed by atoms with Crippen LogP contribution in [0.1, 0.15) is 25.3 Å². The molecule has 7 heteroatoms. The van der Waals surface area contributed by atoms with Crippen molar-refractivity contribution in [1.82, 2.24) is 9.62 Å². The molecule has 1 rings (SSSR count). The molecule has 0 aliphatic heterocycles. The second kappa shape index (κ2) is 8.85. The molecule has 5 nitrogen and oxygen atoms in total. The number of nitrogens with zero attached hydrogens (tertiary/aromatic N) is 1. The van der Waals surface area contributed by atoms with Crippen molar-refractivity contribution in [1.29, 1.82) is 0 Å². The average Bonchev–Trinajstić information content (AvgIpc) is 2.44. The Labute approximate surface area is 131 Å². The van der Waals surface area contributed by atoms with Gasteiger partial charge in [-0.15, -0.1) is 0 Å². The molecule has 0 aliphatic carbocycles. The van der Waals surface area contributed by atoms with Crippen molar-refractivity contribution in [2.75, 3.05) is 25.9 Å². The zero-order valence-corrected chi connectivity index (χ0v) is 13.8. The predicted molar refractivity (Wildman–Crippen MR) is 84.4 cm³/mol. The summed E-state index contributed by atoms with van der Waals surface area (Å²) in [5.74, 6) is -0.524. The maximum absolute atomic E-state index is 13.4. The number of sulfonamides is 1. The van der Waals surface area contributed by atoms with Gasteiger partial charge in [-0.2, -0.15) is 0 Å². The number of benzene rings is 1. The number of amides is 1. The van der Waals surface area contributed by atoms with Crippen LogP contribution in [0.2, 0.25) is 0 Å². The minimum absolute atomic E-state index is 0.102. The molecule has 22 heavy (non-hydrogen) atoms. The SMILES string of the molecule is CCCN(CCC(=O)NCCc1ccccc1F)S(C)(=O)=O. The first-order valence-corrected chi connectivity index (χ1v) is 9.14. The fraction of sp³-hybridized carbons (Fsp3) is 0.533. The summed E-state index contributed by atoms with van der Waals surface area (Å²) in [6.45, 7) is 2.78. The highest BCUT2D eigenvalue weighted by atomic mass is 32.2. The number of carbonyl (C=O) groups excluding carboxylic acids is 1. The minimum Gasteiger partial charge on any atom is -0.356 e. The Morgan fingerprint density at radius 2 is 1.95 bits per heavy atom. The highest BCUT2D eigenvalue weighted by Crippen LogP contribution is 2.06. The van der Waals surface area contributed by atoms with Crippen LogP contribution in [-0.2, 0) is 21.2 Å². The molecule has 1 N–H and O–H groups in total. The Bertz CT molecular complexity index is 590. The van der Waals surface area contributed by atoms with Crippen molar-refractivity contribution in [3.63, 3.8) is 0 Å². The van der Waals surface area contributed by atoms with Gasteiger partial charge in [-0.1, -0.05) is 25.1 Å². The summed E-state index contributed by atoms with van der Waals surface area (Å²) in [6, 6.07) is 6.42. The number of rotatable bonds is 9. The van der Waals surface area contributed by atoms with Gasteiger partial charge in [-0.25, -0.2) is 17.1 Å². The third kappa shape index (κ3) is 6.53. The Morgan fingerprint density at radius 3 is 2.55 bits per heavy atom. The highest BCUT2D eigenvalue weighted by Gasteiger charge is 2.16. The van der Waals surface area contributed by atoms with Crippen molar-refractivity contribution in [2.45, 2.75) is 26.2 Å². The van der Waals surface area contributed by atoms with Gasteiger partial charge in [0, 0.05) is 26.1 Å². The molecule has 0 aromatic heterocycles. The molecular weight excluding hydrogens is 307 g/mol. The quantitative estimate of drug-likeness (QED) is 0.747. The average molecular weight is 330 g/mol. The van der Waals surface area contributed by atoms with Crippen molar-refractivity contribution < 1.29 is 17.6 Å². The number of hydrogen-bond acceptors (Lipinski definition) is 3. The number of carbonyl (C=O) groups is 1. The van der Waals surface area contributed by atoms with Gasteiger partial charge < -0.3 is 5.32 Å². The zero-order chi connectivity index (χ0) is 16.6. The lowest BCUT2D eigenvalue weighted by Gasteiger charge is -2.18. The van der Waals surface area contributed by atoms with Crippen LogP contribution in [0.4, 0.5) is 4.39 Å². The Balaban J connectivity index is 2.36. The van der Waals surface area contributed by atoms with Crippen LogP contribution >= 0.6 is 0 Å². The molecule has 0 atom stereocenters. The van der Waals surface area contributed by atoms with Crippen LogP contribution in [0.25, 0.3) is 0 Å². The van der Waals surface area contributed by atoms with Crippen molar-refractivity contribution in [3.05, 3.63) is 35.6 Å². The monoisotopic (exact) mass is 330 g/mol. The second-order valence-corrected chi connectivity index (χ2v) is 7.09. The standard InChI is InChI=1S/C15H23FN2O3S/c1-3-11-18(22(2,20)21)12-9-15(19)17-10-8-13-6-4-5-7-14(13)16/h4-7H,3,8-12H2,1-2H3,(H,17,19). The molecule has 0 aliphatic rings. The van der Waals surface area contributed by atoms with Crippen LogP contribution < -0.4 is 5.32 Å². The molecule has 1 amide bonds. The molecule has 0 bridgehead atoms. The molecule has 0 heterocycles. The van der Waals surface area contributed by atoms with Crippen molar-refractivity contribution >= 4 is 15.9 Å². The Morgan fingerprint density at radius 1 is 1.27 bits per heavy atom. The summed E-state index contributed by atoms with van der Waals surface area (Å²) < 4.78 is 37.7. The Hall–Kier alpha value is -1.47. The smallest absolute Gasteiger partial charge is 0.221 e. The van der Waals surface area contributed by atoms with Crippen LogP contribution in [-0.4, -0.2) is 44.5 Å². The second-order valence-electron chi connectivity index (χ2n) is 5.10. The van der Waals surface area contributed by atoms with Gasteiger partial charge in [0.1, 0.15) is 5.82 Å². The molecule has 1 aromatic carbocycles. The number of halogens is 1. The Kier molecular flexibility index (Phi) is 7.47. The largest absolute Gasteiger partial charge is 0.356 e. The topological polar surface area (TPSA) is 66.5 Å². The molecule has 1 aromatic rings. The first kappa shape index (κ1) is 18.6. The fourth-order valence-electron chi connectivity index (χ4n) is 2.05. The summed E-state index contributed by atoms with van der Waals surface area (Å²) in [6.07, 6.45) is 2.34. The highest BCUT2D eigenvalue weighted by molar-refractivity contribution is 7.88. The summed E-state index contributed by atoms with van der Waals surface area (Å²) >= 11 is 0. The molecule has 124 valence electrons. The van der Waals surface area contributed by atoms with Crippen molar-refractivity contribution in [2.24, 2.45) is 0 Å². The van der Waals surface area contributed by atoms with Gasteiger partial charge >= 0.3 is 0 Å². The van der Waals surface area contributed by atoms with Gasteiger partial charge in [-0.3, -0.25) is 4.79 Å². The first-order chi connectivity index (χ1) is 10.3. The van der Waals surface area contributed by atoms with Crippen LogP contribution in [0, 0.1) is 5.82 Å². The fourth-order valence-corrected chi connectivity index (χ4v) is 2.98. The lowest BCUT2D eigenvalue weighted by Crippen LogP contribution is -2.35. The molecule has 0 spiro atoms. The molecule has 0 saturated heterocycles. The number of nitrogens with one attached hydrogen (secondary N) is 1. The summed E-state index contributed by atoms with van der Waals surface area (Å²) in [7, 11) is -3.29. The van der Waals surface area contributed by atoms with Crippen LogP contribution in [0.3, 0.4) is 0 Å². The van der Waals surface area contributed by atoms with E-state index in [4.69, 9.17) is 0 Å². The summed E-state index contributed by atoms with van der Waals surface area (Å²) in [4.78, 5) is 11.7. The molecule has 0 unspecified atom stereocenters. The van der Waals surface area contributed by atoms with E-state index in [0.29, 0.717) is 31.5 Å². The predicted octanol–water partition coefficient (Wildman–Crippen LogP) is 1.55. The molecule has 0 fully saturated rings. The lowest BCUT2D eigenvalue weighted by molar-refractivity contribution is -0.121. The molecular formula is C15H23FN2O3S. The first-order valence-electron chi connectivity index (χ1n) is 7.29. The van der Waals surface area contributed by atoms with Gasteiger partial charge in [0.15, 0.2) is 0 Å². The molecule has 0 radical (unpaired) electrons. The van der Waals surface area contributed by atoms with E-state index in [0.717, 1.165) is 6.26 Å². The van der Waals surface area contributed by atoms with E-state index in [2.05, 4.69) is 5.32 Å². The van der Waals surface area contributed by atoms with Crippen molar-refractivity contribution in [3.8, 4) is 0 Å². The van der Waals surface area contributed by atoms with E-state index in [9.17, 15) is 17.6 Å². The van der Waals surface area contributed by atoms with E-state index in [-0.39, 0.29) is 24.7 Å². The maximum atomic E-state index is 13.4. The number of hydrogen-bond donors (Lipinski definition) is 1. The van der Waals surface area contributed by atoms with Crippen LogP contribution in [0.15, 0.2) is 24.3 Å². The van der Waals surface area contributed by atoms with Gasteiger partial charge in [0.2, 0.25) is 15.9 Å². The van der Waals surface area contributed by atoms with Crippen LogP contribution in [0.5, 0.6) is 0 Å². The van der Waals surface area contributed by atoms with Gasteiger partial charge in [-0.05, 0) is 24.5 Å². The summed E-state index contributed by atoms with van der Waals surface area (Å²) in [5.41, 5.74) is 0.548. The van der Waals surface area contributed by atoms with E-state index in [1.165, 1.54) is 10.4 Å². The van der Waals surface area contributed by atoms with Gasteiger partial charge in [0.05, 0.1) is 6.26 Å². The maximum Gasteiger partial charge on any atom is 0.221 e. The third-order valence-corrected chi connectivity index (χ3v) is 4.51. The lowest BCUT2D eigenvalue weighted by atomic mass is 10.1. The zero-order valence-electron chi connectivity index (χ0n) is 13.0. The molecule has 0 saturated carbocycles. The normalized spacial score (nSPS) is 11.6. The van der Waals surface area contributed by atoms with E-state index in [1.54, 1.807) is 18.2 Å². The van der Waals surface area contributed by atoms with E-state index < -0.39 is 10.0 Å². The van der Waals surface area contributed by atoms with E-state index in [1.807, 2.05) is 6.92 Å². The minimum atomic E-state index is -3.29. The van der Waals surface area contributed by atoms with E-state index >= 15 is 0 Å². The summed E-state index contributed by atoms with van der Waals surface area (Å²) in [5, 5.41) is 2.68. The van der Waals surface area contributed by atoms with Gasteiger partial charge in [0.25, 0.3) is 0 Å². The third-order valence-electron chi connectivity index (χ3n) is 3.20.